The van der Waals surface area contributed by atoms with E-state index in [1.807, 2.05) is 6.08 Å². The molecule has 3 unspecified atom stereocenters. The lowest BCUT2D eigenvalue weighted by atomic mass is 10.0. The smallest absolute Gasteiger partial charge is 0.249 e. The van der Waals surface area contributed by atoms with Crippen LogP contribution in [0.4, 0.5) is 0 Å². The molecular formula is C69H137NO4. The van der Waals surface area contributed by atoms with Crippen molar-refractivity contribution >= 4 is 5.91 Å². The lowest BCUT2D eigenvalue weighted by Gasteiger charge is -2.21. The van der Waals surface area contributed by atoms with E-state index in [0.29, 0.717) is 6.42 Å². The van der Waals surface area contributed by atoms with E-state index < -0.39 is 24.2 Å². The molecule has 0 radical (unpaired) electrons. The molecule has 0 bridgehead atoms. The minimum atomic E-state index is -1.09. The van der Waals surface area contributed by atoms with Gasteiger partial charge in [-0.2, -0.15) is 0 Å². The van der Waals surface area contributed by atoms with E-state index in [-0.39, 0.29) is 6.61 Å². The van der Waals surface area contributed by atoms with Crippen LogP contribution in [0.3, 0.4) is 0 Å². The number of hydrogen-bond donors (Lipinski definition) is 4. The molecule has 0 aromatic rings. The van der Waals surface area contributed by atoms with Crippen molar-refractivity contribution < 1.29 is 20.1 Å². The second-order valence-electron chi connectivity index (χ2n) is 24.1. The molecule has 0 aliphatic heterocycles. The minimum Gasteiger partial charge on any atom is -0.394 e. The zero-order valence-electron chi connectivity index (χ0n) is 50.8. The summed E-state index contributed by atoms with van der Waals surface area (Å²) in [7, 11) is 0. The quantitative estimate of drug-likeness (QED) is 0.0361. The average molecular weight is 1040 g/mol. The van der Waals surface area contributed by atoms with Crippen LogP contribution >= 0.6 is 0 Å². The topological polar surface area (TPSA) is 89.8 Å². The summed E-state index contributed by atoms with van der Waals surface area (Å²) >= 11 is 0. The van der Waals surface area contributed by atoms with Crippen molar-refractivity contribution in [2.75, 3.05) is 6.61 Å². The van der Waals surface area contributed by atoms with Crippen molar-refractivity contribution in [3.8, 4) is 0 Å². The number of carbonyl (C=O) groups is 1. The number of aliphatic hydroxyl groups is 3. The summed E-state index contributed by atoms with van der Waals surface area (Å²) in [5.74, 6) is -0.493. The van der Waals surface area contributed by atoms with Crippen molar-refractivity contribution in [1.82, 2.24) is 5.32 Å². The first kappa shape index (κ1) is 73.1. The Morgan fingerprint density at radius 3 is 0.743 bits per heavy atom. The molecule has 0 fully saturated rings. The van der Waals surface area contributed by atoms with Crippen LogP contribution < -0.4 is 5.32 Å². The van der Waals surface area contributed by atoms with Gasteiger partial charge in [-0.1, -0.05) is 392 Å². The molecule has 0 aromatic heterocycles. The van der Waals surface area contributed by atoms with Crippen LogP contribution in [0, 0.1) is 0 Å². The second-order valence-corrected chi connectivity index (χ2v) is 24.1. The summed E-state index contributed by atoms with van der Waals surface area (Å²) in [4.78, 5) is 12.6. The van der Waals surface area contributed by atoms with Crippen LogP contribution in [0.25, 0.3) is 0 Å². The Balaban J connectivity index is 3.43. The van der Waals surface area contributed by atoms with Gasteiger partial charge in [-0.05, 0) is 19.3 Å². The molecule has 0 spiro atoms. The van der Waals surface area contributed by atoms with E-state index in [9.17, 15) is 20.1 Å². The Morgan fingerprint density at radius 1 is 0.324 bits per heavy atom. The highest BCUT2D eigenvalue weighted by Crippen LogP contribution is 2.20. The normalized spacial score (nSPS) is 13.1. The highest BCUT2D eigenvalue weighted by molar-refractivity contribution is 5.80. The van der Waals surface area contributed by atoms with E-state index >= 15 is 0 Å². The summed E-state index contributed by atoms with van der Waals surface area (Å²) in [6.45, 7) is 4.24. The molecule has 0 heterocycles. The lowest BCUT2D eigenvalue weighted by molar-refractivity contribution is -0.131. The lowest BCUT2D eigenvalue weighted by Crippen LogP contribution is -2.48. The second kappa shape index (κ2) is 64.6. The molecule has 0 aliphatic rings. The predicted octanol–water partition coefficient (Wildman–Crippen LogP) is 22.2. The van der Waals surface area contributed by atoms with Gasteiger partial charge in [0.25, 0.3) is 0 Å². The number of nitrogens with one attached hydrogen (secondary N) is 1. The molecule has 0 aromatic carbocycles. The molecule has 74 heavy (non-hydrogen) atoms. The van der Waals surface area contributed by atoms with Crippen LogP contribution in [0.15, 0.2) is 12.2 Å². The van der Waals surface area contributed by atoms with Crippen molar-refractivity contribution in [2.45, 2.75) is 417 Å². The van der Waals surface area contributed by atoms with Gasteiger partial charge in [0.1, 0.15) is 6.10 Å². The molecule has 0 aliphatic carbocycles. The number of rotatable bonds is 65. The van der Waals surface area contributed by atoms with Crippen LogP contribution in [-0.4, -0.2) is 46.1 Å². The number of unbranched alkanes of at least 4 members (excludes halogenated alkanes) is 57. The van der Waals surface area contributed by atoms with E-state index in [1.54, 1.807) is 6.08 Å². The number of amides is 1. The Morgan fingerprint density at radius 2 is 0.527 bits per heavy atom. The maximum absolute atomic E-state index is 12.6. The summed E-state index contributed by atoms with van der Waals surface area (Å²) in [6, 6.07) is -0.795. The fourth-order valence-electron chi connectivity index (χ4n) is 11.3. The van der Waals surface area contributed by atoms with E-state index in [4.69, 9.17) is 0 Å². The SMILES string of the molecule is CCCCCCCCCCCCCCCCCCCCCC/C=C/C(O)C(CO)NC(=O)C(O)CCCCCCCCCCCCCCCCCCCCCCCCCCCCCCCCCCCCCCCC. The van der Waals surface area contributed by atoms with Gasteiger partial charge in [-0.25, -0.2) is 0 Å². The van der Waals surface area contributed by atoms with Gasteiger partial charge in [0.05, 0.1) is 18.8 Å². The van der Waals surface area contributed by atoms with Crippen molar-refractivity contribution in [2.24, 2.45) is 0 Å². The first-order valence-corrected chi connectivity index (χ1v) is 34.5. The monoisotopic (exact) mass is 1040 g/mol. The standard InChI is InChI=1S/C69H137NO4/c1-3-5-7-9-11-13-15-17-19-21-23-25-27-28-29-30-31-32-33-34-35-36-37-38-39-40-41-42-44-46-48-50-52-54-56-58-60-62-64-68(73)69(74)70-66(65-71)67(72)63-61-59-57-55-53-51-49-47-45-43-26-24-22-20-18-16-14-12-10-8-6-4-2/h61,63,66-68,71-73H,3-60,62,64-65H2,1-2H3,(H,70,74)/b63-61+. The Kier molecular flexibility index (Phi) is 63.8. The van der Waals surface area contributed by atoms with Gasteiger partial charge in [0.2, 0.25) is 5.91 Å². The average Bonchev–Trinajstić information content (AvgIpc) is 3.41. The molecule has 0 saturated carbocycles. The van der Waals surface area contributed by atoms with Crippen LogP contribution in [-0.2, 0) is 4.79 Å². The van der Waals surface area contributed by atoms with Crippen molar-refractivity contribution in [1.29, 1.82) is 0 Å². The van der Waals surface area contributed by atoms with Crippen LogP contribution in [0.2, 0.25) is 0 Å². The number of allylic oxidation sites excluding steroid dienone is 1. The van der Waals surface area contributed by atoms with Crippen LogP contribution in [0.5, 0.6) is 0 Å². The first-order chi connectivity index (χ1) is 36.6. The fraction of sp³-hybridized carbons (Fsp3) is 0.957. The predicted molar refractivity (Wildman–Crippen MR) is 329 cm³/mol. The van der Waals surface area contributed by atoms with Crippen LogP contribution in [0.1, 0.15) is 399 Å². The molecule has 5 nitrogen and oxygen atoms in total. The third-order valence-electron chi connectivity index (χ3n) is 16.6. The zero-order chi connectivity index (χ0) is 53.6. The number of carbonyl (C=O) groups excluding carboxylic acids is 1. The molecular weight excluding hydrogens is 907 g/mol. The highest BCUT2D eigenvalue weighted by atomic mass is 16.3. The maximum atomic E-state index is 12.6. The first-order valence-electron chi connectivity index (χ1n) is 34.5. The third-order valence-corrected chi connectivity index (χ3v) is 16.6. The number of hydrogen-bond acceptors (Lipinski definition) is 4. The molecule has 3 atom stereocenters. The Hall–Kier alpha value is -0.910. The number of aliphatic hydroxyl groups excluding tert-OH is 3. The largest absolute Gasteiger partial charge is 0.394 e. The van der Waals surface area contributed by atoms with E-state index in [1.165, 1.54) is 347 Å². The fourth-order valence-corrected chi connectivity index (χ4v) is 11.3. The highest BCUT2D eigenvalue weighted by Gasteiger charge is 2.22. The van der Waals surface area contributed by atoms with Gasteiger partial charge in [-0.15, -0.1) is 0 Å². The molecule has 5 heteroatoms. The van der Waals surface area contributed by atoms with Gasteiger partial charge in [-0.3, -0.25) is 4.79 Å². The zero-order valence-corrected chi connectivity index (χ0v) is 50.8. The van der Waals surface area contributed by atoms with Gasteiger partial charge in [0, 0.05) is 0 Å². The molecule has 442 valence electrons. The summed E-state index contributed by atoms with van der Waals surface area (Å²) in [6.07, 6.45) is 83.6. The van der Waals surface area contributed by atoms with Gasteiger partial charge >= 0.3 is 0 Å². The minimum absolute atomic E-state index is 0.358. The molecule has 1 amide bonds. The van der Waals surface area contributed by atoms with Gasteiger partial charge < -0.3 is 20.6 Å². The Bertz CT molecular complexity index is 1060. The van der Waals surface area contributed by atoms with E-state index in [2.05, 4.69) is 19.2 Å². The summed E-state index contributed by atoms with van der Waals surface area (Å²) < 4.78 is 0. The maximum Gasteiger partial charge on any atom is 0.249 e. The Labute approximate surface area is 465 Å². The summed E-state index contributed by atoms with van der Waals surface area (Å²) in [5.41, 5.74) is 0. The van der Waals surface area contributed by atoms with E-state index in [0.717, 1.165) is 32.1 Å². The summed E-state index contributed by atoms with van der Waals surface area (Å²) in [5, 5.41) is 33.5. The molecule has 4 N–H and O–H groups in total. The molecule has 0 rings (SSSR count). The van der Waals surface area contributed by atoms with Crippen molar-refractivity contribution in [3.05, 3.63) is 12.2 Å². The van der Waals surface area contributed by atoms with Crippen molar-refractivity contribution in [3.63, 3.8) is 0 Å². The molecule has 0 saturated heterocycles. The van der Waals surface area contributed by atoms with Gasteiger partial charge in [0.15, 0.2) is 0 Å². The third kappa shape index (κ3) is 58.8.